The molecule has 8 heteroatoms. The maximum absolute atomic E-state index is 12.1. The van der Waals surface area contributed by atoms with Gasteiger partial charge >= 0.3 is 0 Å². The van der Waals surface area contributed by atoms with Crippen molar-refractivity contribution in [2.45, 2.75) is 19.9 Å². The molecule has 0 saturated heterocycles. The minimum absolute atomic E-state index is 0.0452. The topological polar surface area (TPSA) is 89.7 Å². The Kier molecular flexibility index (Phi) is 4.90. The van der Waals surface area contributed by atoms with Crippen LogP contribution in [0.1, 0.15) is 24.2 Å². The van der Waals surface area contributed by atoms with Crippen molar-refractivity contribution in [2.75, 3.05) is 11.9 Å². The van der Waals surface area contributed by atoms with Crippen LogP contribution in [-0.2, 0) is 11.8 Å². The van der Waals surface area contributed by atoms with Crippen LogP contribution >= 0.6 is 0 Å². The van der Waals surface area contributed by atoms with E-state index < -0.39 is 0 Å². The van der Waals surface area contributed by atoms with Crippen LogP contribution in [0.15, 0.2) is 42.7 Å². The highest BCUT2D eigenvalue weighted by molar-refractivity contribution is 5.91. The lowest BCUT2D eigenvalue weighted by Gasteiger charge is -2.14. The van der Waals surface area contributed by atoms with E-state index in [4.69, 9.17) is 0 Å². The first-order chi connectivity index (χ1) is 12.0. The van der Waals surface area contributed by atoms with Gasteiger partial charge in [-0.05, 0) is 31.5 Å². The number of rotatable bonds is 6. The lowest BCUT2D eigenvalue weighted by Crippen LogP contribution is -2.30. The molecule has 0 aliphatic rings. The van der Waals surface area contributed by atoms with Gasteiger partial charge in [-0.2, -0.15) is 5.10 Å². The number of nitrogens with zero attached hydrogens (tertiary/aromatic N) is 5. The molecule has 2 heterocycles. The van der Waals surface area contributed by atoms with Crippen molar-refractivity contribution >= 4 is 11.7 Å². The first-order valence-electron chi connectivity index (χ1n) is 8.03. The maximum atomic E-state index is 12.1. The number of hydrogen-bond acceptors (Lipinski definition) is 5. The molecule has 0 saturated carbocycles. The predicted octanol–water partition coefficient (Wildman–Crippen LogP) is 1.60. The van der Waals surface area contributed by atoms with Crippen molar-refractivity contribution in [3.8, 4) is 5.69 Å². The van der Waals surface area contributed by atoms with Crippen molar-refractivity contribution in [3.63, 3.8) is 0 Å². The number of carbonyl (C=O) groups excluding carboxylic acids is 1. The maximum Gasteiger partial charge on any atom is 0.239 e. The van der Waals surface area contributed by atoms with E-state index >= 15 is 0 Å². The molecule has 2 N–H and O–H groups in total. The standard InChI is InChI=1S/C17H21N7O/c1-12-10-16(23(3)21-12)20-17(25)11-18-13(2)14-4-6-15(7-5-14)24-9-8-19-22-24/h4-10,13,18H,11H2,1-3H3,(H,20,25)/t13-/m1/s1. The zero-order valence-corrected chi connectivity index (χ0v) is 14.5. The van der Waals surface area contributed by atoms with E-state index in [0.29, 0.717) is 5.82 Å². The van der Waals surface area contributed by atoms with E-state index in [1.165, 1.54) is 0 Å². The molecule has 0 aliphatic heterocycles. The molecule has 0 bridgehead atoms. The number of amides is 1. The Bertz CT molecular complexity index is 837. The number of hydrogen-bond donors (Lipinski definition) is 2. The third-order valence-corrected chi connectivity index (χ3v) is 3.92. The van der Waals surface area contributed by atoms with Crippen molar-refractivity contribution in [1.82, 2.24) is 30.1 Å². The first-order valence-corrected chi connectivity index (χ1v) is 8.03. The second-order valence-electron chi connectivity index (χ2n) is 5.88. The molecular weight excluding hydrogens is 318 g/mol. The largest absolute Gasteiger partial charge is 0.310 e. The number of aromatic nitrogens is 5. The van der Waals surface area contributed by atoms with Crippen LogP contribution in [0.4, 0.5) is 5.82 Å². The molecule has 3 aromatic rings. The second kappa shape index (κ2) is 7.27. The summed E-state index contributed by atoms with van der Waals surface area (Å²) in [6, 6.07) is 9.85. The molecule has 3 rings (SSSR count). The highest BCUT2D eigenvalue weighted by atomic mass is 16.2. The molecule has 0 fully saturated rings. The molecule has 1 atom stereocenters. The molecule has 0 aliphatic carbocycles. The predicted molar refractivity (Wildman–Crippen MR) is 94.4 cm³/mol. The SMILES string of the molecule is Cc1cc(NC(=O)CN[C@H](C)c2ccc(-n3ccnn3)cc2)n(C)n1. The molecule has 2 aromatic heterocycles. The van der Waals surface area contributed by atoms with Crippen molar-refractivity contribution in [1.29, 1.82) is 0 Å². The fraction of sp³-hybridized carbons (Fsp3) is 0.294. The van der Waals surface area contributed by atoms with Gasteiger partial charge in [0.2, 0.25) is 5.91 Å². The summed E-state index contributed by atoms with van der Waals surface area (Å²) >= 11 is 0. The van der Waals surface area contributed by atoms with E-state index in [9.17, 15) is 4.79 Å². The van der Waals surface area contributed by atoms with E-state index in [1.54, 1.807) is 28.8 Å². The number of anilines is 1. The van der Waals surface area contributed by atoms with E-state index in [1.807, 2.05) is 44.2 Å². The molecule has 0 radical (unpaired) electrons. The Morgan fingerprint density at radius 1 is 1.28 bits per heavy atom. The summed E-state index contributed by atoms with van der Waals surface area (Å²) < 4.78 is 3.35. The number of aryl methyl sites for hydroxylation is 2. The molecule has 1 amide bonds. The lowest BCUT2D eigenvalue weighted by molar-refractivity contribution is -0.115. The van der Waals surface area contributed by atoms with Crippen LogP contribution < -0.4 is 10.6 Å². The summed E-state index contributed by atoms with van der Waals surface area (Å²) in [5, 5.41) is 18.0. The van der Waals surface area contributed by atoms with E-state index in [-0.39, 0.29) is 18.5 Å². The average molecular weight is 339 g/mol. The van der Waals surface area contributed by atoms with Gasteiger partial charge in [-0.25, -0.2) is 4.68 Å². The minimum Gasteiger partial charge on any atom is -0.310 e. The van der Waals surface area contributed by atoms with Crippen LogP contribution in [-0.4, -0.2) is 37.2 Å². The summed E-state index contributed by atoms with van der Waals surface area (Å²) in [5.74, 6) is 0.586. The molecule has 130 valence electrons. The normalized spacial score (nSPS) is 12.1. The zero-order valence-electron chi connectivity index (χ0n) is 14.5. The Hall–Kier alpha value is -3.00. The second-order valence-corrected chi connectivity index (χ2v) is 5.88. The minimum atomic E-state index is -0.103. The van der Waals surface area contributed by atoms with Gasteiger partial charge in [0.15, 0.2) is 0 Å². The highest BCUT2D eigenvalue weighted by Gasteiger charge is 2.10. The zero-order chi connectivity index (χ0) is 17.8. The van der Waals surface area contributed by atoms with Gasteiger partial charge in [0, 0.05) is 19.2 Å². The van der Waals surface area contributed by atoms with Crippen LogP contribution in [0.2, 0.25) is 0 Å². The highest BCUT2D eigenvalue weighted by Crippen LogP contribution is 2.15. The summed E-state index contributed by atoms with van der Waals surface area (Å²) in [7, 11) is 1.80. The van der Waals surface area contributed by atoms with Crippen LogP contribution in [0.25, 0.3) is 5.69 Å². The quantitative estimate of drug-likeness (QED) is 0.712. The van der Waals surface area contributed by atoms with Gasteiger partial charge in [-0.3, -0.25) is 9.48 Å². The van der Waals surface area contributed by atoms with E-state index in [0.717, 1.165) is 16.9 Å². The van der Waals surface area contributed by atoms with Crippen LogP contribution in [0.3, 0.4) is 0 Å². The molecular formula is C17H21N7O. The molecule has 1 aromatic carbocycles. The molecule has 0 spiro atoms. The smallest absolute Gasteiger partial charge is 0.239 e. The monoisotopic (exact) mass is 339 g/mol. The Morgan fingerprint density at radius 3 is 2.64 bits per heavy atom. The first kappa shape index (κ1) is 16.8. The van der Waals surface area contributed by atoms with Gasteiger partial charge in [-0.1, -0.05) is 17.3 Å². The van der Waals surface area contributed by atoms with Gasteiger partial charge in [-0.15, -0.1) is 5.10 Å². The Balaban J connectivity index is 1.54. The van der Waals surface area contributed by atoms with Crippen LogP contribution in [0, 0.1) is 6.92 Å². The van der Waals surface area contributed by atoms with Crippen molar-refractivity contribution in [2.24, 2.45) is 7.05 Å². The molecule has 25 heavy (non-hydrogen) atoms. The fourth-order valence-corrected chi connectivity index (χ4v) is 2.54. The number of nitrogens with one attached hydrogen (secondary N) is 2. The number of carbonyl (C=O) groups is 1. The fourth-order valence-electron chi connectivity index (χ4n) is 2.54. The van der Waals surface area contributed by atoms with Gasteiger partial charge in [0.1, 0.15) is 5.82 Å². The Labute approximate surface area is 145 Å². The molecule has 8 nitrogen and oxygen atoms in total. The summed E-state index contributed by atoms with van der Waals surface area (Å²) in [6.07, 6.45) is 3.43. The summed E-state index contributed by atoms with van der Waals surface area (Å²) in [5.41, 5.74) is 2.90. The van der Waals surface area contributed by atoms with Gasteiger partial charge in [0.05, 0.1) is 30.3 Å². The average Bonchev–Trinajstić information content (AvgIpc) is 3.23. The van der Waals surface area contributed by atoms with Gasteiger partial charge in [0.25, 0.3) is 0 Å². The van der Waals surface area contributed by atoms with Crippen molar-refractivity contribution < 1.29 is 4.79 Å². The summed E-state index contributed by atoms with van der Waals surface area (Å²) in [6.45, 7) is 4.13. The third kappa shape index (κ3) is 4.10. The Morgan fingerprint density at radius 2 is 2.04 bits per heavy atom. The van der Waals surface area contributed by atoms with Crippen LogP contribution in [0.5, 0.6) is 0 Å². The third-order valence-electron chi connectivity index (χ3n) is 3.92. The van der Waals surface area contributed by atoms with Crippen molar-refractivity contribution in [3.05, 3.63) is 54.0 Å². The van der Waals surface area contributed by atoms with Gasteiger partial charge < -0.3 is 10.6 Å². The molecule has 0 unspecified atom stereocenters. The number of benzene rings is 1. The lowest BCUT2D eigenvalue weighted by atomic mass is 10.1. The summed E-state index contributed by atoms with van der Waals surface area (Å²) in [4.78, 5) is 12.1. The van der Waals surface area contributed by atoms with E-state index in [2.05, 4.69) is 26.0 Å².